The first-order valence-corrected chi connectivity index (χ1v) is 9.19. The summed E-state index contributed by atoms with van der Waals surface area (Å²) in [4.78, 5) is 3.98. The van der Waals surface area contributed by atoms with Crippen LogP contribution in [0.1, 0.15) is 11.4 Å². The van der Waals surface area contributed by atoms with Gasteiger partial charge in [-0.05, 0) is 29.8 Å². The van der Waals surface area contributed by atoms with E-state index in [0.717, 1.165) is 11.8 Å². The molecule has 2 N–H and O–H groups in total. The predicted octanol–water partition coefficient (Wildman–Crippen LogP) is 0.223. The second-order valence-corrected chi connectivity index (χ2v) is 7.06. The molecule has 126 valence electrons. The molecule has 0 spiro atoms. The molecule has 10 heteroatoms. The number of pyridine rings is 1. The smallest absolute Gasteiger partial charge is 0.208 e. The first kappa shape index (κ1) is 16.3. The molecule has 24 heavy (non-hydrogen) atoms. The molecular formula is C14H17N7O2S. The number of fused-ring (bicyclic) bond motifs is 1. The number of nitrogens with one attached hydrogen (secondary N) is 2. The summed E-state index contributed by atoms with van der Waals surface area (Å²) in [5, 5.41) is 15.8. The Morgan fingerprint density at radius 3 is 2.67 bits per heavy atom. The molecule has 3 heterocycles. The summed E-state index contributed by atoms with van der Waals surface area (Å²) in [6.07, 6.45) is 4.99. The fourth-order valence-corrected chi connectivity index (χ4v) is 2.60. The Morgan fingerprint density at radius 2 is 1.92 bits per heavy atom. The van der Waals surface area contributed by atoms with Crippen LogP contribution in [-0.2, 0) is 23.0 Å². The number of aromatic nitrogens is 5. The number of anilines is 1. The van der Waals surface area contributed by atoms with E-state index in [-0.39, 0.29) is 6.54 Å². The zero-order chi connectivity index (χ0) is 17.0. The van der Waals surface area contributed by atoms with Gasteiger partial charge in [-0.3, -0.25) is 4.98 Å². The molecule has 0 fully saturated rings. The maximum atomic E-state index is 11.1. The highest BCUT2D eigenvalue weighted by atomic mass is 32.2. The number of hydrogen-bond acceptors (Lipinski definition) is 7. The molecule has 0 saturated carbocycles. The SMILES string of the molecule is CS(=O)(=O)NCCc1nnc2ccc(NCc3ccncc3)nn12. The summed E-state index contributed by atoms with van der Waals surface area (Å²) in [6, 6.07) is 7.48. The van der Waals surface area contributed by atoms with Gasteiger partial charge in [0.15, 0.2) is 11.5 Å². The molecule has 3 rings (SSSR count). The van der Waals surface area contributed by atoms with E-state index in [9.17, 15) is 8.42 Å². The first-order chi connectivity index (χ1) is 11.5. The van der Waals surface area contributed by atoms with Gasteiger partial charge in [0.05, 0.1) is 6.26 Å². The van der Waals surface area contributed by atoms with Gasteiger partial charge in [-0.2, -0.15) is 4.52 Å². The van der Waals surface area contributed by atoms with Crippen LogP contribution in [0.2, 0.25) is 0 Å². The lowest BCUT2D eigenvalue weighted by Gasteiger charge is -2.06. The van der Waals surface area contributed by atoms with Gasteiger partial charge in [0, 0.05) is 31.9 Å². The quantitative estimate of drug-likeness (QED) is 0.628. The largest absolute Gasteiger partial charge is 0.365 e. The highest BCUT2D eigenvalue weighted by molar-refractivity contribution is 7.88. The molecule has 0 radical (unpaired) electrons. The number of hydrogen-bond donors (Lipinski definition) is 2. The Kier molecular flexibility index (Phi) is 4.67. The third-order valence-corrected chi connectivity index (χ3v) is 3.99. The van der Waals surface area contributed by atoms with Crippen LogP contribution < -0.4 is 10.0 Å². The van der Waals surface area contributed by atoms with Crippen molar-refractivity contribution in [3.8, 4) is 0 Å². The lowest BCUT2D eigenvalue weighted by Crippen LogP contribution is -2.25. The summed E-state index contributed by atoms with van der Waals surface area (Å²) < 4.78 is 26.3. The molecule has 0 aliphatic carbocycles. The van der Waals surface area contributed by atoms with Gasteiger partial charge >= 0.3 is 0 Å². The molecule has 3 aromatic rings. The van der Waals surface area contributed by atoms with E-state index in [0.29, 0.717) is 30.3 Å². The Morgan fingerprint density at radius 1 is 1.12 bits per heavy atom. The molecule has 0 aromatic carbocycles. The standard InChI is InChI=1S/C14H17N7O2S/c1-24(22,23)17-9-6-14-19-18-13-3-2-12(20-21(13)14)16-10-11-4-7-15-8-5-11/h2-5,7-8,17H,6,9-10H2,1H3,(H,16,20). The fraction of sp³-hybridized carbons (Fsp3) is 0.286. The highest BCUT2D eigenvalue weighted by Gasteiger charge is 2.09. The molecule has 0 saturated heterocycles. The van der Waals surface area contributed by atoms with Crippen molar-refractivity contribution >= 4 is 21.5 Å². The minimum absolute atomic E-state index is 0.246. The average Bonchev–Trinajstić information content (AvgIpc) is 2.95. The third-order valence-electron chi connectivity index (χ3n) is 3.26. The van der Waals surface area contributed by atoms with Gasteiger partial charge in [0.1, 0.15) is 5.82 Å². The highest BCUT2D eigenvalue weighted by Crippen LogP contribution is 2.09. The normalized spacial score (nSPS) is 11.7. The van der Waals surface area contributed by atoms with Gasteiger partial charge in [0.25, 0.3) is 0 Å². The third kappa shape index (κ3) is 4.24. The maximum Gasteiger partial charge on any atom is 0.208 e. The molecule has 0 aliphatic rings. The van der Waals surface area contributed by atoms with Crippen LogP contribution in [0.25, 0.3) is 5.65 Å². The summed E-state index contributed by atoms with van der Waals surface area (Å²) in [5.74, 6) is 1.27. The summed E-state index contributed by atoms with van der Waals surface area (Å²) in [6.45, 7) is 0.865. The lowest BCUT2D eigenvalue weighted by atomic mass is 10.3. The molecular weight excluding hydrogens is 330 g/mol. The van der Waals surface area contributed by atoms with Crippen molar-refractivity contribution in [3.63, 3.8) is 0 Å². The van der Waals surface area contributed by atoms with Crippen molar-refractivity contribution in [1.29, 1.82) is 0 Å². The molecule has 0 aliphatic heterocycles. The van der Waals surface area contributed by atoms with E-state index in [2.05, 4.69) is 30.3 Å². The molecule has 0 amide bonds. The monoisotopic (exact) mass is 347 g/mol. The van der Waals surface area contributed by atoms with Crippen molar-refractivity contribution < 1.29 is 8.42 Å². The maximum absolute atomic E-state index is 11.1. The van der Waals surface area contributed by atoms with Gasteiger partial charge in [-0.1, -0.05) is 0 Å². The van der Waals surface area contributed by atoms with Crippen LogP contribution in [-0.4, -0.2) is 46.0 Å². The minimum atomic E-state index is -3.22. The second-order valence-electron chi connectivity index (χ2n) is 5.23. The Hall–Kier alpha value is -2.59. The summed E-state index contributed by atoms with van der Waals surface area (Å²) >= 11 is 0. The van der Waals surface area contributed by atoms with Gasteiger partial charge in [-0.15, -0.1) is 15.3 Å². The lowest BCUT2D eigenvalue weighted by molar-refractivity contribution is 0.586. The zero-order valence-corrected chi connectivity index (χ0v) is 13.9. The van der Waals surface area contributed by atoms with E-state index in [1.54, 1.807) is 16.9 Å². The molecule has 3 aromatic heterocycles. The number of rotatable bonds is 7. The van der Waals surface area contributed by atoms with E-state index in [4.69, 9.17) is 0 Å². The van der Waals surface area contributed by atoms with Gasteiger partial charge < -0.3 is 5.32 Å². The number of nitrogens with zero attached hydrogens (tertiary/aromatic N) is 5. The predicted molar refractivity (Wildman–Crippen MR) is 88.9 cm³/mol. The summed E-state index contributed by atoms with van der Waals surface area (Å²) in [5.41, 5.74) is 1.70. The van der Waals surface area contributed by atoms with Gasteiger partial charge in [-0.25, -0.2) is 13.1 Å². The zero-order valence-electron chi connectivity index (χ0n) is 13.0. The van der Waals surface area contributed by atoms with E-state index in [1.165, 1.54) is 0 Å². The molecule has 0 bridgehead atoms. The molecule has 0 atom stereocenters. The Bertz CT molecular complexity index is 925. The summed E-state index contributed by atoms with van der Waals surface area (Å²) in [7, 11) is -3.22. The topological polar surface area (TPSA) is 114 Å². The molecule has 0 unspecified atom stereocenters. The van der Waals surface area contributed by atoms with E-state index in [1.807, 2.05) is 24.3 Å². The first-order valence-electron chi connectivity index (χ1n) is 7.30. The van der Waals surface area contributed by atoms with Crippen molar-refractivity contribution in [1.82, 2.24) is 29.5 Å². The van der Waals surface area contributed by atoms with Crippen LogP contribution >= 0.6 is 0 Å². The Balaban J connectivity index is 1.71. The van der Waals surface area contributed by atoms with Crippen molar-refractivity contribution in [2.45, 2.75) is 13.0 Å². The fourth-order valence-electron chi connectivity index (χ4n) is 2.12. The minimum Gasteiger partial charge on any atom is -0.365 e. The van der Waals surface area contributed by atoms with E-state index >= 15 is 0 Å². The van der Waals surface area contributed by atoms with Crippen LogP contribution in [0.5, 0.6) is 0 Å². The second kappa shape index (κ2) is 6.89. The van der Waals surface area contributed by atoms with Crippen molar-refractivity contribution in [2.75, 3.05) is 18.1 Å². The average molecular weight is 347 g/mol. The van der Waals surface area contributed by atoms with Crippen LogP contribution in [0, 0.1) is 0 Å². The number of sulfonamides is 1. The molecule has 9 nitrogen and oxygen atoms in total. The van der Waals surface area contributed by atoms with Gasteiger partial charge in [0.2, 0.25) is 10.0 Å². The van der Waals surface area contributed by atoms with Crippen LogP contribution in [0.15, 0.2) is 36.7 Å². The van der Waals surface area contributed by atoms with Crippen molar-refractivity contribution in [2.24, 2.45) is 0 Å². The van der Waals surface area contributed by atoms with Crippen LogP contribution in [0.3, 0.4) is 0 Å². The van der Waals surface area contributed by atoms with Crippen molar-refractivity contribution in [3.05, 3.63) is 48.0 Å². The van der Waals surface area contributed by atoms with Crippen LogP contribution in [0.4, 0.5) is 5.82 Å². The Labute approximate surface area is 139 Å². The van der Waals surface area contributed by atoms with E-state index < -0.39 is 10.0 Å².